The smallest absolute Gasteiger partial charge is 0.248 e. The van der Waals surface area contributed by atoms with Gasteiger partial charge < -0.3 is 16.0 Å². The number of carbonyl (C=O) groups excluding carboxylic acids is 2. The molecule has 8 heteroatoms. The van der Waals surface area contributed by atoms with E-state index in [0.29, 0.717) is 36.7 Å². The molecule has 0 saturated carbocycles. The second kappa shape index (κ2) is 8.66. The van der Waals surface area contributed by atoms with Crippen molar-refractivity contribution in [2.75, 3.05) is 16.8 Å². The molecule has 0 spiro atoms. The molecule has 1 aliphatic heterocycles. The summed E-state index contributed by atoms with van der Waals surface area (Å²) < 4.78 is 1.70. The monoisotopic (exact) mass is 370 g/mol. The second-order valence-electron chi connectivity index (χ2n) is 6.94. The van der Waals surface area contributed by atoms with Crippen LogP contribution in [0.5, 0.6) is 0 Å². The van der Waals surface area contributed by atoms with Gasteiger partial charge in [-0.3, -0.25) is 14.3 Å². The predicted molar refractivity (Wildman–Crippen MR) is 104 cm³/mol. The molecule has 0 bridgehead atoms. The minimum Gasteiger partial charge on any atom is -0.367 e. The Morgan fingerprint density at radius 3 is 2.89 bits per heavy atom. The van der Waals surface area contributed by atoms with Gasteiger partial charge in [-0.15, -0.1) is 0 Å². The van der Waals surface area contributed by atoms with Crippen LogP contribution in [0.4, 0.5) is 11.4 Å². The van der Waals surface area contributed by atoms with E-state index >= 15 is 0 Å². The van der Waals surface area contributed by atoms with E-state index in [0.717, 1.165) is 25.1 Å². The van der Waals surface area contributed by atoms with Crippen LogP contribution < -0.4 is 16.0 Å². The first kappa shape index (κ1) is 18.9. The molecule has 2 aromatic rings. The van der Waals surface area contributed by atoms with E-state index in [1.807, 2.05) is 6.07 Å². The second-order valence-corrected chi connectivity index (χ2v) is 6.94. The molecule has 0 aliphatic carbocycles. The maximum atomic E-state index is 12.4. The number of anilines is 2. The highest BCUT2D eigenvalue weighted by Gasteiger charge is 2.22. The third-order valence-electron chi connectivity index (χ3n) is 4.93. The molecule has 144 valence electrons. The van der Waals surface area contributed by atoms with Crippen molar-refractivity contribution in [3.8, 4) is 0 Å². The van der Waals surface area contributed by atoms with Crippen LogP contribution in [0.2, 0.25) is 0 Å². The molecule has 1 fully saturated rings. The fraction of sp³-hybridized carbons (Fsp3) is 0.474. The molecule has 1 aromatic heterocycles. The highest BCUT2D eigenvalue weighted by Crippen LogP contribution is 2.32. The van der Waals surface area contributed by atoms with Crippen LogP contribution in [0.3, 0.4) is 0 Å². The number of nitrogens with one attached hydrogen (secondary N) is 1. The number of hydrogen-bond acceptors (Lipinski definition) is 5. The third-order valence-corrected chi connectivity index (χ3v) is 4.93. The topological polar surface area (TPSA) is 106 Å². The highest BCUT2D eigenvalue weighted by atomic mass is 16.2. The van der Waals surface area contributed by atoms with Crippen LogP contribution >= 0.6 is 0 Å². The van der Waals surface area contributed by atoms with Gasteiger partial charge in [-0.05, 0) is 50.8 Å². The first-order valence-corrected chi connectivity index (χ1v) is 9.37. The van der Waals surface area contributed by atoms with E-state index in [4.69, 9.17) is 5.73 Å². The Hall–Kier alpha value is -2.90. The fourth-order valence-corrected chi connectivity index (χ4v) is 3.46. The van der Waals surface area contributed by atoms with E-state index in [1.54, 1.807) is 23.1 Å². The Labute approximate surface area is 158 Å². The Morgan fingerprint density at radius 2 is 2.19 bits per heavy atom. The van der Waals surface area contributed by atoms with Crippen LogP contribution in [0.15, 0.2) is 30.9 Å². The maximum absolute atomic E-state index is 12.4. The van der Waals surface area contributed by atoms with E-state index in [1.165, 1.54) is 12.7 Å². The number of carbonyl (C=O) groups is 2. The lowest BCUT2D eigenvalue weighted by Gasteiger charge is -2.36. The van der Waals surface area contributed by atoms with Crippen LogP contribution in [0.1, 0.15) is 49.4 Å². The summed E-state index contributed by atoms with van der Waals surface area (Å²) in [4.78, 5) is 30.2. The molecule has 3 N–H and O–H groups in total. The fourth-order valence-electron chi connectivity index (χ4n) is 3.46. The van der Waals surface area contributed by atoms with Gasteiger partial charge in [0.2, 0.25) is 11.8 Å². The number of nitrogens with two attached hydrogens (primary N) is 1. The summed E-state index contributed by atoms with van der Waals surface area (Å²) in [6.07, 6.45) is 7.55. The maximum Gasteiger partial charge on any atom is 0.248 e. The van der Waals surface area contributed by atoms with Crippen molar-refractivity contribution in [2.45, 2.75) is 51.6 Å². The van der Waals surface area contributed by atoms with E-state index in [9.17, 15) is 9.59 Å². The number of nitrogens with zero attached hydrogens (tertiary/aromatic N) is 4. The van der Waals surface area contributed by atoms with Crippen molar-refractivity contribution in [1.29, 1.82) is 0 Å². The van der Waals surface area contributed by atoms with Gasteiger partial charge in [0.05, 0.1) is 11.4 Å². The molecule has 2 amide bonds. The molecular formula is C19H26N6O2. The Balaban J connectivity index is 1.71. The van der Waals surface area contributed by atoms with Crippen LogP contribution in [0.25, 0.3) is 0 Å². The van der Waals surface area contributed by atoms with Crippen molar-refractivity contribution >= 4 is 23.2 Å². The Kier molecular flexibility index (Phi) is 6.05. The molecule has 3 rings (SSSR count). The zero-order valence-electron chi connectivity index (χ0n) is 15.6. The summed E-state index contributed by atoms with van der Waals surface area (Å²) in [6, 6.07) is 5.67. The molecular weight excluding hydrogens is 344 g/mol. The number of amides is 2. The summed E-state index contributed by atoms with van der Waals surface area (Å²) in [5, 5.41) is 7.00. The molecule has 1 aromatic carbocycles. The lowest BCUT2D eigenvalue weighted by atomic mass is 10.0. The zero-order chi connectivity index (χ0) is 19.2. The molecule has 0 unspecified atom stereocenters. The third kappa shape index (κ3) is 4.84. The van der Waals surface area contributed by atoms with Crippen LogP contribution in [0, 0.1) is 0 Å². The number of aromatic nitrogens is 3. The van der Waals surface area contributed by atoms with Crippen molar-refractivity contribution in [3.05, 3.63) is 36.4 Å². The summed E-state index contributed by atoms with van der Waals surface area (Å²) in [5.41, 5.74) is 7.40. The highest BCUT2D eigenvalue weighted by molar-refractivity contribution is 5.99. The number of hydrogen-bond donors (Lipinski definition) is 2. The first-order valence-electron chi connectivity index (χ1n) is 9.37. The number of aryl methyl sites for hydroxylation is 1. The average Bonchev–Trinajstić information content (AvgIpc) is 3.16. The van der Waals surface area contributed by atoms with E-state index in [2.05, 4.69) is 27.2 Å². The van der Waals surface area contributed by atoms with Gasteiger partial charge in [0.1, 0.15) is 12.7 Å². The van der Waals surface area contributed by atoms with Gasteiger partial charge in [-0.1, -0.05) is 0 Å². The Morgan fingerprint density at radius 1 is 1.33 bits per heavy atom. The number of primary amides is 1. The average molecular weight is 370 g/mol. The summed E-state index contributed by atoms with van der Waals surface area (Å²) in [7, 11) is 0. The zero-order valence-corrected chi connectivity index (χ0v) is 15.6. The standard InChI is InChI=1S/C19H26N6O2/c1-14-5-2-3-10-25(14)17-8-7-15(19(20)27)11-16(17)23-18(26)6-4-9-24-13-21-12-22-24/h7-8,11-14H,2-6,9-10H2,1H3,(H2,20,27)(H,23,26)/t14-/m0/s1. The largest absolute Gasteiger partial charge is 0.367 e. The quantitative estimate of drug-likeness (QED) is 0.777. The SMILES string of the molecule is C[C@H]1CCCCN1c1ccc(C(N)=O)cc1NC(=O)CCCn1cncn1. The first-order chi connectivity index (χ1) is 13.0. The van der Waals surface area contributed by atoms with Crippen molar-refractivity contribution in [1.82, 2.24) is 14.8 Å². The molecule has 8 nitrogen and oxygen atoms in total. The minimum absolute atomic E-state index is 0.0948. The molecule has 1 aliphatic rings. The lowest BCUT2D eigenvalue weighted by Crippen LogP contribution is -2.38. The summed E-state index contributed by atoms with van der Waals surface area (Å²) in [6.45, 7) is 3.75. The molecule has 0 radical (unpaired) electrons. The van der Waals surface area contributed by atoms with Gasteiger partial charge >= 0.3 is 0 Å². The van der Waals surface area contributed by atoms with Gasteiger partial charge in [0.15, 0.2) is 0 Å². The van der Waals surface area contributed by atoms with Crippen LogP contribution in [-0.4, -0.2) is 39.2 Å². The molecule has 1 saturated heterocycles. The lowest BCUT2D eigenvalue weighted by molar-refractivity contribution is -0.116. The minimum atomic E-state index is -0.505. The predicted octanol–water partition coefficient (Wildman–Crippen LogP) is 2.17. The van der Waals surface area contributed by atoms with Crippen molar-refractivity contribution in [3.63, 3.8) is 0 Å². The van der Waals surface area contributed by atoms with E-state index in [-0.39, 0.29) is 5.91 Å². The summed E-state index contributed by atoms with van der Waals surface area (Å²) in [5.74, 6) is -0.599. The number of benzene rings is 1. The molecule has 1 atom stereocenters. The normalized spacial score (nSPS) is 16.9. The van der Waals surface area contributed by atoms with Crippen molar-refractivity contribution in [2.24, 2.45) is 5.73 Å². The van der Waals surface area contributed by atoms with E-state index < -0.39 is 5.91 Å². The molecule has 27 heavy (non-hydrogen) atoms. The Bertz CT molecular complexity index is 790. The molecule has 2 heterocycles. The van der Waals surface area contributed by atoms with Gasteiger partial charge in [-0.25, -0.2) is 4.98 Å². The number of rotatable bonds is 7. The van der Waals surface area contributed by atoms with Crippen molar-refractivity contribution < 1.29 is 9.59 Å². The van der Waals surface area contributed by atoms with Gasteiger partial charge in [-0.2, -0.15) is 5.10 Å². The van der Waals surface area contributed by atoms with Crippen LogP contribution in [-0.2, 0) is 11.3 Å². The van der Waals surface area contributed by atoms with Gasteiger partial charge in [0, 0.05) is 31.1 Å². The number of piperidine rings is 1. The summed E-state index contributed by atoms with van der Waals surface area (Å²) >= 11 is 0. The van der Waals surface area contributed by atoms with Gasteiger partial charge in [0.25, 0.3) is 0 Å².